The van der Waals surface area contributed by atoms with Crippen LogP contribution in [0.2, 0.25) is 5.15 Å². The summed E-state index contributed by atoms with van der Waals surface area (Å²) in [6, 6.07) is 18.7. The molecule has 4 aromatic rings. The highest BCUT2D eigenvalue weighted by Gasteiger charge is 2.39. The van der Waals surface area contributed by atoms with Crippen LogP contribution in [-0.4, -0.2) is 114 Å². The Labute approximate surface area is 309 Å². The first-order valence-electron chi connectivity index (χ1n) is 18.0. The third kappa shape index (κ3) is 9.88. The lowest BCUT2D eigenvalue weighted by Gasteiger charge is -2.48. The van der Waals surface area contributed by atoms with Gasteiger partial charge in [0.2, 0.25) is 11.5 Å². The van der Waals surface area contributed by atoms with Crippen molar-refractivity contribution in [3.63, 3.8) is 0 Å². The van der Waals surface area contributed by atoms with Crippen LogP contribution in [-0.2, 0) is 27.2 Å². The lowest BCUT2D eigenvalue weighted by Crippen LogP contribution is -2.56. The van der Waals surface area contributed by atoms with Gasteiger partial charge in [-0.2, -0.15) is 0 Å². The maximum Gasteiger partial charge on any atom is 0.248 e. The number of aromatic amines is 1. The molecule has 2 aromatic heterocycles. The van der Waals surface area contributed by atoms with Crippen molar-refractivity contribution < 1.29 is 24.5 Å². The number of carbonyl (C=O) groups is 1. The summed E-state index contributed by atoms with van der Waals surface area (Å²) in [7, 11) is 1.76. The number of H-pyrrole nitrogens is 1. The number of carbonyl (C=O) groups excluding carboxylic acids is 1. The van der Waals surface area contributed by atoms with Crippen LogP contribution in [0, 0.1) is 0 Å². The number of phenolic OH excluding ortho intramolecular Hbond substituents is 1. The van der Waals surface area contributed by atoms with E-state index < -0.39 is 6.10 Å². The number of phenols is 1. The van der Waals surface area contributed by atoms with Crippen molar-refractivity contribution in [2.24, 2.45) is 0 Å². The summed E-state index contributed by atoms with van der Waals surface area (Å²) in [5.74, 6) is -0.0564. The van der Waals surface area contributed by atoms with Crippen molar-refractivity contribution >= 4 is 34.1 Å². The third-order valence-corrected chi connectivity index (χ3v) is 10.3. The van der Waals surface area contributed by atoms with E-state index in [1.807, 2.05) is 12.1 Å². The maximum atomic E-state index is 12.7. The number of ether oxygens (including phenoxy) is 2. The minimum Gasteiger partial charge on any atom is -0.506 e. The van der Waals surface area contributed by atoms with Gasteiger partial charge in [-0.15, -0.1) is 0 Å². The summed E-state index contributed by atoms with van der Waals surface area (Å²) >= 11 is 6.15. The van der Waals surface area contributed by atoms with Gasteiger partial charge in [0.25, 0.3) is 0 Å². The Bertz CT molecular complexity index is 1860. The van der Waals surface area contributed by atoms with E-state index in [4.69, 9.17) is 21.1 Å². The number of morpholine rings is 1. The third-order valence-electron chi connectivity index (χ3n) is 10.1. The van der Waals surface area contributed by atoms with Gasteiger partial charge in [0, 0.05) is 82.7 Å². The first kappa shape index (κ1) is 37.7. The number of aromatic hydroxyl groups is 1. The van der Waals surface area contributed by atoms with Gasteiger partial charge >= 0.3 is 0 Å². The largest absolute Gasteiger partial charge is 0.506 e. The molecule has 6 rings (SSSR count). The fourth-order valence-electron chi connectivity index (χ4n) is 7.13. The predicted octanol–water partition coefficient (Wildman–Crippen LogP) is 3.88. The Balaban J connectivity index is 0.852. The number of aliphatic hydroxyl groups is 1. The molecule has 1 amide bonds. The van der Waals surface area contributed by atoms with Gasteiger partial charge in [-0.05, 0) is 60.2 Å². The smallest absolute Gasteiger partial charge is 0.248 e. The average molecular weight is 733 g/mol. The Morgan fingerprint density at radius 3 is 2.77 bits per heavy atom. The summed E-state index contributed by atoms with van der Waals surface area (Å²) in [6.07, 6.45) is 3.97. The topological polar surface area (TPSA) is 143 Å². The molecule has 2 aliphatic heterocycles. The molecule has 0 radical (unpaired) electrons. The number of halogens is 1. The second-order valence-corrected chi connectivity index (χ2v) is 14.2. The van der Waals surface area contributed by atoms with Crippen molar-refractivity contribution in [3.05, 3.63) is 99.1 Å². The number of likely N-dealkylation sites (N-methyl/N-ethyl adjacent to an activating group) is 1. The second-order valence-electron chi connectivity index (χ2n) is 13.8. The number of piperidine rings is 1. The molecule has 0 bridgehead atoms. The number of pyridine rings is 2. The molecular weight excluding hydrogens is 684 g/mol. The predicted molar refractivity (Wildman–Crippen MR) is 202 cm³/mol. The number of rotatable bonds is 15. The molecule has 4 heterocycles. The van der Waals surface area contributed by atoms with E-state index in [9.17, 15) is 19.8 Å². The number of nitrogens with one attached hydrogen (secondary N) is 2. The number of nitrogens with zero attached hydrogens (tertiary/aromatic N) is 4. The standard InChI is InChI=1S/C39H49ClN6O6/c1-44(18-15-41-25-34(48)31-5-7-33(47)38-32(31)6-8-36(49)43-38)37(50)11-21-51-20-10-28-3-2-4-29(23-28)26-45-16-12-39(13-17-45)27-46(19-22-52-39)30-9-14-42-35(40)24-30/h2-9,14,23-24,34,41,47-48H,10-13,15-22,25-27H2,1H3,(H,43,49)/t34-/m0/s1. The number of anilines is 1. The number of amides is 1. The molecule has 0 unspecified atom stereocenters. The Kier molecular flexibility index (Phi) is 12.8. The summed E-state index contributed by atoms with van der Waals surface area (Å²) < 4.78 is 12.2. The molecule has 0 saturated carbocycles. The van der Waals surface area contributed by atoms with Gasteiger partial charge < -0.3 is 39.8 Å². The minimum absolute atomic E-state index is 0.00534. The lowest BCUT2D eigenvalue weighted by molar-refractivity contribution is -0.131. The van der Waals surface area contributed by atoms with E-state index in [0.717, 1.165) is 57.7 Å². The molecule has 52 heavy (non-hydrogen) atoms. The van der Waals surface area contributed by atoms with Gasteiger partial charge in [0.05, 0.1) is 43.5 Å². The van der Waals surface area contributed by atoms with Gasteiger partial charge in [-0.3, -0.25) is 14.5 Å². The number of hydrogen-bond acceptors (Lipinski definition) is 10. The van der Waals surface area contributed by atoms with E-state index >= 15 is 0 Å². The van der Waals surface area contributed by atoms with Gasteiger partial charge in [-0.1, -0.05) is 41.9 Å². The lowest BCUT2D eigenvalue weighted by atomic mass is 9.89. The van der Waals surface area contributed by atoms with Crippen LogP contribution in [0.15, 0.2) is 71.7 Å². The van der Waals surface area contributed by atoms with Crippen LogP contribution >= 0.6 is 11.6 Å². The zero-order valence-corrected chi connectivity index (χ0v) is 30.5. The monoisotopic (exact) mass is 732 g/mol. The van der Waals surface area contributed by atoms with Crippen LogP contribution in [0.5, 0.6) is 5.75 Å². The fraction of sp³-hybridized carbons (Fsp3) is 0.462. The summed E-state index contributed by atoms with van der Waals surface area (Å²) in [6.45, 7) is 7.44. The number of benzene rings is 2. The fourth-order valence-corrected chi connectivity index (χ4v) is 7.30. The number of aromatic nitrogens is 2. The second kappa shape index (κ2) is 17.7. The Morgan fingerprint density at radius 1 is 1.12 bits per heavy atom. The molecule has 12 nitrogen and oxygen atoms in total. The number of aliphatic hydroxyl groups excluding tert-OH is 1. The molecule has 1 spiro atoms. The zero-order valence-electron chi connectivity index (χ0n) is 29.7. The maximum absolute atomic E-state index is 12.7. The van der Waals surface area contributed by atoms with Crippen molar-refractivity contribution in [2.75, 3.05) is 77.6 Å². The number of hydrogen-bond donors (Lipinski definition) is 4. The summed E-state index contributed by atoms with van der Waals surface area (Å²) in [5.41, 5.74) is 4.05. The highest BCUT2D eigenvalue weighted by molar-refractivity contribution is 6.29. The first-order chi connectivity index (χ1) is 25.2. The highest BCUT2D eigenvalue weighted by atomic mass is 35.5. The molecule has 0 aliphatic carbocycles. The van der Waals surface area contributed by atoms with E-state index in [1.54, 1.807) is 30.3 Å². The first-order valence-corrected chi connectivity index (χ1v) is 18.4. The molecule has 2 fully saturated rings. The van der Waals surface area contributed by atoms with E-state index in [2.05, 4.69) is 49.4 Å². The summed E-state index contributed by atoms with van der Waals surface area (Å²) in [5, 5.41) is 25.1. The van der Waals surface area contributed by atoms with Gasteiger partial charge in [0.1, 0.15) is 10.9 Å². The van der Waals surface area contributed by atoms with Crippen LogP contribution in [0.4, 0.5) is 5.69 Å². The van der Waals surface area contributed by atoms with Crippen molar-refractivity contribution in [1.29, 1.82) is 0 Å². The quantitative estimate of drug-likeness (QED) is 0.105. The van der Waals surface area contributed by atoms with Crippen LogP contribution in [0.3, 0.4) is 0 Å². The van der Waals surface area contributed by atoms with Crippen molar-refractivity contribution in [3.8, 4) is 5.75 Å². The summed E-state index contributed by atoms with van der Waals surface area (Å²) in [4.78, 5) is 37.6. The van der Waals surface area contributed by atoms with E-state index in [-0.39, 0.29) is 29.4 Å². The van der Waals surface area contributed by atoms with Gasteiger partial charge in [-0.25, -0.2) is 4.98 Å². The Hall–Kier alpha value is -4.04. The molecule has 13 heteroatoms. The highest BCUT2D eigenvalue weighted by Crippen LogP contribution is 2.33. The number of fused-ring (bicyclic) bond motifs is 1. The van der Waals surface area contributed by atoms with E-state index in [1.165, 1.54) is 23.3 Å². The minimum atomic E-state index is -0.857. The van der Waals surface area contributed by atoms with Gasteiger partial charge in [0.15, 0.2) is 0 Å². The van der Waals surface area contributed by atoms with E-state index in [0.29, 0.717) is 61.0 Å². The molecular formula is C39H49ClN6O6. The van der Waals surface area contributed by atoms with Crippen molar-refractivity contribution in [2.45, 2.75) is 43.9 Å². The normalized spacial score (nSPS) is 16.7. The Morgan fingerprint density at radius 2 is 1.94 bits per heavy atom. The molecule has 2 aliphatic rings. The molecule has 1 atom stereocenters. The van der Waals surface area contributed by atoms with Crippen LogP contribution in [0.1, 0.15) is 42.1 Å². The molecule has 4 N–H and O–H groups in total. The SMILES string of the molecule is CN(CCNC[C@H](O)c1ccc(O)c2[nH]c(=O)ccc12)C(=O)CCOCCc1cccc(CN2CCC3(CC2)CN(c2ccnc(Cl)c2)CCO3)c1. The van der Waals surface area contributed by atoms with Crippen LogP contribution in [0.25, 0.3) is 10.9 Å². The molecule has 2 saturated heterocycles. The van der Waals surface area contributed by atoms with Crippen LogP contribution < -0.4 is 15.8 Å². The average Bonchev–Trinajstić information content (AvgIpc) is 3.14. The molecule has 2 aromatic carbocycles. The van der Waals surface area contributed by atoms with Crippen molar-refractivity contribution in [1.82, 2.24) is 25.1 Å². The number of likely N-dealkylation sites (tertiary alicyclic amines) is 1. The zero-order chi connectivity index (χ0) is 36.5. The molecule has 278 valence electrons.